The first-order valence-corrected chi connectivity index (χ1v) is 8.47. The highest BCUT2D eigenvalue weighted by molar-refractivity contribution is 5.72. The average molecular weight is 333 g/mol. The molecule has 1 aliphatic heterocycles. The van der Waals surface area contributed by atoms with Crippen molar-refractivity contribution in [2.45, 2.75) is 32.9 Å². The third kappa shape index (κ3) is 6.58. The van der Waals surface area contributed by atoms with E-state index in [1.165, 1.54) is 6.92 Å². The van der Waals surface area contributed by atoms with Crippen LogP contribution in [0.2, 0.25) is 0 Å². The Morgan fingerprint density at radius 3 is 2.71 bits per heavy atom. The minimum Gasteiger partial charge on any atom is -0.445 e. The van der Waals surface area contributed by atoms with E-state index in [0.29, 0.717) is 12.5 Å². The summed E-state index contributed by atoms with van der Waals surface area (Å²) in [4.78, 5) is 25.2. The van der Waals surface area contributed by atoms with Crippen molar-refractivity contribution in [3.05, 3.63) is 35.9 Å². The summed E-state index contributed by atoms with van der Waals surface area (Å²) in [5, 5.41) is 5.77. The van der Waals surface area contributed by atoms with Gasteiger partial charge in [-0.25, -0.2) is 4.79 Å². The molecule has 2 unspecified atom stereocenters. The fourth-order valence-corrected chi connectivity index (χ4v) is 3.07. The molecule has 2 rings (SSSR count). The zero-order valence-electron chi connectivity index (χ0n) is 14.5. The van der Waals surface area contributed by atoms with Crippen LogP contribution in [-0.4, -0.2) is 49.1 Å². The van der Waals surface area contributed by atoms with E-state index >= 15 is 0 Å². The number of hydrogen-bond donors (Lipinski definition) is 2. The lowest BCUT2D eigenvalue weighted by atomic mass is 9.96. The molecule has 6 nitrogen and oxygen atoms in total. The van der Waals surface area contributed by atoms with E-state index in [2.05, 4.69) is 22.5 Å². The predicted octanol–water partition coefficient (Wildman–Crippen LogP) is 1.76. The summed E-state index contributed by atoms with van der Waals surface area (Å²) >= 11 is 0. The Kier molecular flexibility index (Phi) is 7.06. The van der Waals surface area contributed by atoms with E-state index < -0.39 is 0 Å². The third-order valence-corrected chi connectivity index (χ3v) is 4.07. The Bertz CT molecular complexity index is 536. The summed E-state index contributed by atoms with van der Waals surface area (Å²) in [5.41, 5.74) is 0.974. The first-order chi connectivity index (χ1) is 11.5. The molecule has 1 aromatic rings. The van der Waals surface area contributed by atoms with Gasteiger partial charge in [-0.3, -0.25) is 9.69 Å². The van der Waals surface area contributed by atoms with Gasteiger partial charge >= 0.3 is 6.09 Å². The molecule has 0 bridgehead atoms. The highest BCUT2D eigenvalue weighted by atomic mass is 16.5. The molecule has 2 atom stereocenters. The van der Waals surface area contributed by atoms with E-state index in [1.807, 2.05) is 30.3 Å². The van der Waals surface area contributed by atoms with Gasteiger partial charge in [-0.15, -0.1) is 0 Å². The van der Waals surface area contributed by atoms with E-state index in [9.17, 15) is 9.59 Å². The normalized spacial score (nSPS) is 21.1. The van der Waals surface area contributed by atoms with Crippen LogP contribution in [0, 0.1) is 5.92 Å². The summed E-state index contributed by atoms with van der Waals surface area (Å²) in [7, 11) is 0. The second kappa shape index (κ2) is 9.27. The van der Waals surface area contributed by atoms with Gasteiger partial charge in [-0.2, -0.15) is 0 Å². The van der Waals surface area contributed by atoms with Crippen LogP contribution in [0.1, 0.15) is 25.8 Å². The Morgan fingerprint density at radius 2 is 2.00 bits per heavy atom. The van der Waals surface area contributed by atoms with Gasteiger partial charge in [0.15, 0.2) is 0 Å². The number of piperidine rings is 1. The lowest BCUT2D eigenvalue weighted by Gasteiger charge is -2.36. The quantitative estimate of drug-likeness (QED) is 0.832. The lowest BCUT2D eigenvalue weighted by Crippen LogP contribution is -2.51. The van der Waals surface area contributed by atoms with Gasteiger partial charge in [0.05, 0.1) is 0 Å². The lowest BCUT2D eigenvalue weighted by molar-refractivity contribution is -0.119. The molecule has 1 aliphatic rings. The maximum Gasteiger partial charge on any atom is 0.407 e. The average Bonchev–Trinajstić information content (AvgIpc) is 2.53. The minimum absolute atomic E-state index is 0.0146. The van der Waals surface area contributed by atoms with Gasteiger partial charge in [0.2, 0.25) is 5.91 Å². The number of carbonyl (C=O) groups is 2. The van der Waals surface area contributed by atoms with Crippen molar-refractivity contribution in [1.29, 1.82) is 0 Å². The molecule has 0 aromatic heterocycles. The van der Waals surface area contributed by atoms with Crippen LogP contribution in [-0.2, 0) is 16.1 Å². The van der Waals surface area contributed by atoms with Gasteiger partial charge in [-0.1, -0.05) is 37.3 Å². The summed E-state index contributed by atoms with van der Waals surface area (Å²) in [6.07, 6.45) is 0.566. The molecule has 0 aliphatic carbocycles. The number of carbonyl (C=O) groups excluding carboxylic acids is 2. The standard InChI is InChI=1S/C18H27N3O3/c1-14-10-17(12-21(11-14)9-8-19-15(2)22)20-18(23)24-13-16-6-4-3-5-7-16/h3-7,14,17H,8-13H2,1-2H3,(H,19,22)(H,20,23). The number of nitrogens with zero attached hydrogens (tertiary/aromatic N) is 1. The van der Waals surface area contributed by atoms with Gasteiger partial charge in [0.25, 0.3) is 0 Å². The SMILES string of the molecule is CC(=O)NCCN1CC(C)CC(NC(=O)OCc2ccccc2)C1. The second-order valence-corrected chi connectivity index (χ2v) is 6.49. The molecule has 132 valence electrons. The fraction of sp³-hybridized carbons (Fsp3) is 0.556. The van der Waals surface area contributed by atoms with Gasteiger partial charge in [0, 0.05) is 39.1 Å². The molecule has 1 aromatic carbocycles. The number of rotatable bonds is 6. The van der Waals surface area contributed by atoms with Crippen molar-refractivity contribution in [2.75, 3.05) is 26.2 Å². The first-order valence-electron chi connectivity index (χ1n) is 8.47. The number of alkyl carbamates (subject to hydrolysis) is 1. The van der Waals surface area contributed by atoms with Crippen LogP contribution < -0.4 is 10.6 Å². The molecule has 2 amide bonds. The summed E-state index contributed by atoms with van der Waals surface area (Å²) in [6, 6.07) is 9.72. The number of benzene rings is 1. The van der Waals surface area contributed by atoms with Crippen molar-refractivity contribution < 1.29 is 14.3 Å². The summed E-state index contributed by atoms with van der Waals surface area (Å²) in [6.45, 7) is 7.16. The topological polar surface area (TPSA) is 70.7 Å². The number of likely N-dealkylation sites (tertiary alicyclic amines) is 1. The molecule has 1 saturated heterocycles. The highest BCUT2D eigenvalue weighted by Gasteiger charge is 2.26. The van der Waals surface area contributed by atoms with Gasteiger partial charge in [0.1, 0.15) is 6.61 Å². The Morgan fingerprint density at radius 1 is 1.25 bits per heavy atom. The van der Waals surface area contributed by atoms with Crippen molar-refractivity contribution in [3.8, 4) is 0 Å². The van der Waals surface area contributed by atoms with Gasteiger partial charge < -0.3 is 15.4 Å². The van der Waals surface area contributed by atoms with Crippen LogP contribution >= 0.6 is 0 Å². The molecule has 0 radical (unpaired) electrons. The number of amides is 2. The molecule has 6 heteroatoms. The minimum atomic E-state index is -0.375. The number of nitrogens with one attached hydrogen (secondary N) is 2. The molecule has 2 N–H and O–H groups in total. The first kappa shape index (κ1) is 18.3. The predicted molar refractivity (Wildman–Crippen MR) is 92.5 cm³/mol. The second-order valence-electron chi connectivity index (χ2n) is 6.49. The Hall–Kier alpha value is -2.08. The number of ether oxygens (including phenoxy) is 1. The molecule has 0 spiro atoms. The smallest absolute Gasteiger partial charge is 0.407 e. The maximum atomic E-state index is 12.0. The van der Waals surface area contributed by atoms with Crippen molar-refractivity contribution in [1.82, 2.24) is 15.5 Å². The molecule has 24 heavy (non-hydrogen) atoms. The van der Waals surface area contributed by atoms with Crippen LogP contribution in [0.25, 0.3) is 0 Å². The van der Waals surface area contributed by atoms with Crippen molar-refractivity contribution in [3.63, 3.8) is 0 Å². The molecular weight excluding hydrogens is 306 g/mol. The molecule has 1 fully saturated rings. The van der Waals surface area contributed by atoms with Crippen LogP contribution in [0.3, 0.4) is 0 Å². The van der Waals surface area contributed by atoms with E-state index in [-0.39, 0.29) is 24.6 Å². The largest absolute Gasteiger partial charge is 0.445 e. The third-order valence-electron chi connectivity index (χ3n) is 4.07. The Balaban J connectivity index is 1.73. The van der Waals surface area contributed by atoms with Gasteiger partial charge in [-0.05, 0) is 17.9 Å². The monoisotopic (exact) mass is 333 g/mol. The Labute approximate surface area is 143 Å². The maximum absolute atomic E-state index is 12.0. The zero-order valence-corrected chi connectivity index (χ0v) is 14.5. The van der Waals surface area contributed by atoms with Crippen LogP contribution in [0.15, 0.2) is 30.3 Å². The fourth-order valence-electron chi connectivity index (χ4n) is 3.07. The van der Waals surface area contributed by atoms with Crippen molar-refractivity contribution in [2.24, 2.45) is 5.92 Å². The van der Waals surface area contributed by atoms with Crippen LogP contribution in [0.5, 0.6) is 0 Å². The molecule has 0 saturated carbocycles. The highest BCUT2D eigenvalue weighted by Crippen LogP contribution is 2.16. The zero-order chi connectivity index (χ0) is 17.4. The van der Waals surface area contributed by atoms with E-state index in [4.69, 9.17) is 4.74 Å². The molecular formula is C18H27N3O3. The number of hydrogen-bond acceptors (Lipinski definition) is 4. The summed E-state index contributed by atoms with van der Waals surface area (Å²) < 4.78 is 5.29. The molecule has 1 heterocycles. The van der Waals surface area contributed by atoms with E-state index in [0.717, 1.165) is 31.6 Å². The van der Waals surface area contributed by atoms with Crippen molar-refractivity contribution >= 4 is 12.0 Å². The summed E-state index contributed by atoms with van der Waals surface area (Å²) in [5.74, 6) is 0.481. The van der Waals surface area contributed by atoms with Crippen LogP contribution in [0.4, 0.5) is 4.79 Å². The van der Waals surface area contributed by atoms with E-state index in [1.54, 1.807) is 0 Å².